The summed E-state index contributed by atoms with van der Waals surface area (Å²) < 4.78 is 125. The number of ether oxygens (including phenoxy) is 1. The van der Waals surface area contributed by atoms with Crippen LogP contribution in [0.5, 0.6) is 11.8 Å². The Labute approximate surface area is 337 Å². The van der Waals surface area contributed by atoms with Crippen LogP contribution < -0.4 is 9.64 Å². The highest BCUT2D eigenvalue weighted by atomic mass is 19.4. The molecule has 5 aliphatic rings. The number of piperazine rings is 1. The van der Waals surface area contributed by atoms with Crippen molar-refractivity contribution in [2.24, 2.45) is 24.3 Å². The van der Waals surface area contributed by atoms with E-state index in [9.17, 15) is 27.5 Å². The first kappa shape index (κ1) is 38.7. The van der Waals surface area contributed by atoms with Crippen LogP contribution in [0.4, 0.5) is 40.9 Å². The van der Waals surface area contributed by atoms with Gasteiger partial charge in [0.05, 0.1) is 28.2 Å². The van der Waals surface area contributed by atoms with Crippen LogP contribution in [0.2, 0.25) is 0 Å². The number of benzene rings is 3. The first-order chi connectivity index (χ1) is 28.5. The summed E-state index contributed by atoms with van der Waals surface area (Å²) in [6.07, 6.45) is 2.15. The van der Waals surface area contributed by atoms with Gasteiger partial charge in [-0.15, -0.1) is 6.42 Å². The second kappa shape index (κ2) is 13.3. The number of hydrogen-bond donors (Lipinski definition) is 1. The van der Waals surface area contributed by atoms with E-state index in [1.165, 1.54) is 22.9 Å². The van der Waals surface area contributed by atoms with Crippen LogP contribution in [0.3, 0.4) is 0 Å². The third-order valence-electron chi connectivity index (χ3n) is 13.1. The molecule has 0 spiro atoms. The summed E-state index contributed by atoms with van der Waals surface area (Å²) in [5.41, 5.74) is -2.34. The molecule has 10 rings (SSSR count). The molecule has 4 unspecified atom stereocenters. The van der Waals surface area contributed by atoms with Gasteiger partial charge in [0.25, 0.3) is 5.92 Å². The predicted octanol–water partition coefficient (Wildman–Crippen LogP) is 7.13. The summed E-state index contributed by atoms with van der Waals surface area (Å²) in [5, 5.41) is 16.3. The van der Waals surface area contributed by atoms with Crippen molar-refractivity contribution < 1.29 is 49.8 Å². The molecule has 2 aliphatic carbocycles. The molecule has 314 valence electrons. The van der Waals surface area contributed by atoms with Crippen LogP contribution in [0.1, 0.15) is 37.7 Å². The van der Waals surface area contributed by atoms with Crippen molar-refractivity contribution in [2.75, 3.05) is 44.2 Å². The van der Waals surface area contributed by atoms with E-state index in [2.05, 4.69) is 16.0 Å². The Morgan fingerprint density at radius 2 is 1.78 bits per heavy atom. The van der Waals surface area contributed by atoms with Gasteiger partial charge in [0.2, 0.25) is 5.91 Å². The summed E-state index contributed by atoms with van der Waals surface area (Å²) in [4.78, 5) is 27.6. The third-order valence-corrected chi connectivity index (χ3v) is 13.1. The number of phenols is 1. The number of rotatable bonds is 8. The smallest absolute Gasteiger partial charge is 0.392 e. The number of aromatic nitrogens is 4. The van der Waals surface area contributed by atoms with Crippen molar-refractivity contribution in [1.29, 1.82) is 0 Å². The molecule has 5 heterocycles. The van der Waals surface area contributed by atoms with E-state index in [1.54, 1.807) is 27.9 Å². The highest BCUT2D eigenvalue weighted by Crippen LogP contribution is 2.61. The van der Waals surface area contributed by atoms with Gasteiger partial charge in [0, 0.05) is 80.8 Å². The van der Waals surface area contributed by atoms with Gasteiger partial charge in [-0.25, -0.2) is 22.0 Å². The second-order valence-electron chi connectivity index (χ2n) is 17.1. The summed E-state index contributed by atoms with van der Waals surface area (Å²) in [7, 11) is 1.59. The van der Waals surface area contributed by atoms with E-state index < -0.39 is 84.2 Å². The van der Waals surface area contributed by atoms with Crippen LogP contribution in [0.25, 0.3) is 43.7 Å². The molecule has 2 saturated carbocycles. The fourth-order valence-electron chi connectivity index (χ4n) is 9.99. The molecule has 1 N–H and O–H groups in total. The number of aromatic hydroxyl groups is 1. The van der Waals surface area contributed by atoms with Gasteiger partial charge in [-0.2, -0.15) is 28.2 Å². The number of carbonyl (C=O) groups is 1. The first-order valence-electron chi connectivity index (χ1n) is 19.8. The van der Waals surface area contributed by atoms with Gasteiger partial charge in [-0.05, 0) is 54.8 Å². The van der Waals surface area contributed by atoms with Crippen molar-refractivity contribution in [2.45, 2.75) is 62.5 Å². The van der Waals surface area contributed by atoms with Gasteiger partial charge in [0.1, 0.15) is 41.2 Å². The number of amides is 1. The zero-order valence-electron chi connectivity index (χ0n) is 32.0. The molecule has 2 aromatic heterocycles. The molecule has 0 radical (unpaired) electrons. The summed E-state index contributed by atoms with van der Waals surface area (Å²) >= 11 is 0. The number of fused-ring (bicyclic) bond motifs is 6. The van der Waals surface area contributed by atoms with E-state index in [0.717, 1.165) is 6.07 Å². The lowest BCUT2D eigenvalue weighted by molar-refractivity contribution is -0.158. The normalized spacial score (nSPS) is 27.3. The Morgan fingerprint density at radius 1 is 1.05 bits per heavy atom. The molecule has 3 aliphatic heterocycles. The molecular formula is C42H37F8N7O3. The van der Waals surface area contributed by atoms with E-state index in [-0.39, 0.29) is 89.1 Å². The molecule has 60 heavy (non-hydrogen) atoms. The number of carbonyl (C=O) groups excluding carboxylic acids is 1. The van der Waals surface area contributed by atoms with Crippen LogP contribution >= 0.6 is 0 Å². The van der Waals surface area contributed by atoms with Crippen molar-refractivity contribution >= 4 is 44.3 Å². The predicted molar refractivity (Wildman–Crippen MR) is 203 cm³/mol. The number of alkyl halides is 6. The van der Waals surface area contributed by atoms with E-state index >= 15 is 17.6 Å². The average Bonchev–Trinajstić information content (AvgIpc) is 3.94. The zero-order valence-corrected chi connectivity index (χ0v) is 32.0. The average molecular weight is 840 g/mol. The number of aryl methyl sites for hydroxylation is 1. The SMILES string of the molecule is C#Cc1c(F)ccc2cc(O)cc(-c3c(F)c4nc(OC[C@]5(CN6CC[C@H](F)C6)CC5(F)F)nc(N5CC6CCC(C5)N6C(=O)C5CC5C(F)(F)F)c4c4cn(C)nc34)c12. The van der Waals surface area contributed by atoms with Crippen molar-refractivity contribution in [3.63, 3.8) is 0 Å². The maximum atomic E-state index is 17.7. The van der Waals surface area contributed by atoms with Gasteiger partial charge in [-0.1, -0.05) is 12.0 Å². The lowest BCUT2D eigenvalue weighted by Gasteiger charge is -2.42. The van der Waals surface area contributed by atoms with Crippen molar-refractivity contribution in [3.8, 4) is 35.2 Å². The summed E-state index contributed by atoms with van der Waals surface area (Å²) in [6, 6.07) is 3.65. The maximum absolute atomic E-state index is 17.7. The van der Waals surface area contributed by atoms with Gasteiger partial charge in [0.15, 0.2) is 5.82 Å². The minimum absolute atomic E-state index is 0.000977. The highest BCUT2D eigenvalue weighted by Gasteiger charge is 2.72. The summed E-state index contributed by atoms with van der Waals surface area (Å²) in [6.45, 7) is -0.221. The minimum Gasteiger partial charge on any atom is -0.508 e. The molecule has 1 amide bonds. The number of phenolic OH excluding ortho intramolecular Hbond substituents is 1. The van der Waals surface area contributed by atoms with Crippen LogP contribution in [0.15, 0.2) is 30.5 Å². The third kappa shape index (κ3) is 6.08. The van der Waals surface area contributed by atoms with Gasteiger partial charge in [-0.3, -0.25) is 14.4 Å². The number of anilines is 1. The molecule has 2 bridgehead atoms. The fraction of sp³-hybridized carbons (Fsp3) is 0.476. The van der Waals surface area contributed by atoms with E-state index in [1.807, 2.05) is 0 Å². The monoisotopic (exact) mass is 839 g/mol. The Balaban J connectivity index is 1.12. The van der Waals surface area contributed by atoms with Crippen LogP contribution in [-0.4, -0.2) is 110 Å². The topological polar surface area (TPSA) is 99.9 Å². The van der Waals surface area contributed by atoms with Crippen LogP contribution in [-0.2, 0) is 11.8 Å². The molecule has 10 nitrogen and oxygen atoms in total. The standard InChI is InChI=1S/C42H37F8N7O3/c1-3-25-30(44)7-4-20-10-24(58)11-27(31(20)25)32-34(45)36-33(28-16-54(2)53-35(28)32)37(52-39(51-36)60-19-40(17-41(40,46)47)18-55-9-8-21(43)13-55)56-14-22-5-6-23(15-56)57(22)38(59)26-12-29(26)42(48,49)50/h1,4,7,10-11,16,21-23,26,29,58H,5-6,8-9,12-15,17-19H2,2H3/t21-,22?,23?,26?,29?,40+/m0/s1. The number of terminal acetylenes is 1. The molecule has 3 aromatic carbocycles. The zero-order chi connectivity index (χ0) is 42.2. The highest BCUT2D eigenvalue weighted by molar-refractivity contribution is 6.18. The maximum Gasteiger partial charge on any atom is 0.392 e. The number of nitrogens with zero attached hydrogens (tertiary/aromatic N) is 7. The lowest BCUT2D eigenvalue weighted by atomic mass is 9.91. The molecule has 6 atom stereocenters. The number of halogens is 8. The molecular weight excluding hydrogens is 802 g/mol. The minimum atomic E-state index is -4.48. The van der Waals surface area contributed by atoms with Crippen molar-refractivity contribution in [3.05, 3.63) is 47.7 Å². The lowest BCUT2D eigenvalue weighted by Crippen LogP contribution is -2.56. The number of likely N-dealkylation sites (tertiary alicyclic amines) is 1. The summed E-state index contributed by atoms with van der Waals surface area (Å²) in [5.74, 6) is -6.13. The second-order valence-corrected chi connectivity index (χ2v) is 17.1. The Bertz CT molecular complexity index is 2670. The number of hydrogen-bond acceptors (Lipinski definition) is 8. The largest absolute Gasteiger partial charge is 0.508 e. The molecule has 5 aromatic rings. The molecule has 3 saturated heterocycles. The quantitative estimate of drug-likeness (QED) is 0.130. The molecule has 5 fully saturated rings. The molecule has 18 heteroatoms. The van der Waals surface area contributed by atoms with Crippen LogP contribution in [0, 0.1) is 41.2 Å². The Kier molecular flexibility index (Phi) is 8.57. The van der Waals surface area contributed by atoms with Gasteiger partial charge >= 0.3 is 12.2 Å². The first-order valence-corrected chi connectivity index (χ1v) is 19.8. The Morgan fingerprint density at radius 3 is 2.42 bits per heavy atom. The van der Waals surface area contributed by atoms with Crippen molar-refractivity contribution in [1.82, 2.24) is 29.5 Å². The van der Waals surface area contributed by atoms with Gasteiger partial charge < -0.3 is 19.6 Å². The van der Waals surface area contributed by atoms with E-state index in [4.69, 9.17) is 16.1 Å². The van der Waals surface area contributed by atoms with E-state index in [0.29, 0.717) is 30.2 Å². The Hall–Kier alpha value is -5.44. The fourth-order valence-corrected chi connectivity index (χ4v) is 9.99.